The van der Waals surface area contributed by atoms with E-state index in [2.05, 4.69) is 10.4 Å². The number of amides is 3. The highest BCUT2D eigenvalue weighted by Crippen LogP contribution is 2.25. The zero-order valence-corrected chi connectivity index (χ0v) is 17.7. The predicted octanol–water partition coefficient (Wildman–Crippen LogP) is 0.616. The molecule has 0 radical (unpaired) electrons. The number of aromatic nitrogens is 2. The van der Waals surface area contributed by atoms with E-state index in [1.54, 1.807) is 9.58 Å². The molecule has 0 aliphatic carbocycles. The van der Waals surface area contributed by atoms with E-state index in [0.29, 0.717) is 31.7 Å². The monoisotopic (exact) mass is 417 g/mol. The van der Waals surface area contributed by atoms with Crippen molar-refractivity contribution >= 4 is 17.7 Å². The van der Waals surface area contributed by atoms with E-state index in [1.165, 1.54) is 0 Å². The molecule has 1 atom stereocenters. The van der Waals surface area contributed by atoms with E-state index < -0.39 is 0 Å². The quantitative estimate of drug-likeness (QED) is 0.732. The van der Waals surface area contributed by atoms with Crippen molar-refractivity contribution in [1.82, 2.24) is 24.9 Å². The van der Waals surface area contributed by atoms with Gasteiger partial charge in [-0.15, -0.1) is 0 Å². The summed E-state index contributed by atoms with van der Waals surface area (Å²) >= 11 is 0. The van der Waals surface area contributed by atoms with Crippen molar-refractivity contribution in [1.29, 1.82) is 0 Å². The molecule has 1 aromatic rings. The molecule has 2 saturated heterocycles. The Morgan fingerprint density at radius 3 is 2.63 bits per heavy atom. The Morgan fingerprint density at radius 1 is 1.10 bits per heavy atom. The van der Waals surface area contributed by atoms with E-state index in [0.717, 1.165) is 56.6 Å². The third kappa shape index (κ3) is 4.50. The maximum Gasteiger partial charge on any atom is 0.274 e. The average Bonchev–Trinajstić information content (AvgIpc) is 3.51. The maximum atomic E-state index is 12.9. The topological polar surface area (TPSA) is 96.8 Å². The van der Waals surface area contributed by atoms with Crippen LogP contribution in [0.3, 0.4) is 0 Å². The van der Waals surface area contributed by atoms with Crippen molar-refractivity contribution in [3.05, 3.63) is 17.0 Å². The molecule has 0 bridgehead atoms. The van der Waals surface area contributed by atoms with Crippen molar-refractivity contribution < 1.29 is 19.1 Å². The Bertz CT molecular complexity index is 809. The Labute approximate surface area is 176 Å². The van der Waals surface area contributed by atoms with E-state index in [1.807, 2.05) is 11.9 Å². The number of hydrogen-bond acceptors (Lipinski definition) is 5. The van der Waals surface area contributed by atoms with Crippen molar-refractivity contribution in [2.45, 2.75) is 57.6 Å². The third-order valence-corrected chi connectivity index (χ3v) is 6.31. The lowest BCUT2D eigenvalue weighted by atomic mass is 10.0. The highest BCUT2D eigenvalue weighted by atomic mass is 16.5. The number of aryl methyl sites for hydroxylation is 1. The summed E-state index contributed by atoms with van der Waals surface area (Å²) in [6, 6.07) is 0. The molecule has 1 N–H and O–H groups in total. The molecule has 4 rings (SSSR count). The molecule has 164 valence electrons. The van der Waals surface area contributed by atoms with Crippen LogP contribution in [-0.4, -0.2) is 76.2 Å². The van der Waals surface area contributed by atoms with Gasteiger partial charge in [0.15, 0.2) is 5.69 Å². The smallest absolute Gasteiger partial charge is 0.274 e. The highest BCUT2D eigenvalue weighted by Gasteiger charge is 2.32. The molecular formula is C21H31N5O4. The van der Waals surface area contributed by atoms with Gasteiger partial charge < -0.3 is 19.9 Å². The summed E-state index contributed by atoms with van der Waals surface area (Å²) < 4.78 is 7.27. The van der Waals surface area contributed by atoms with Gasteiger partial charge in [-0.1, -0.05) is 0 Å². The molecule has 9 nitrogen and oxygen atoms in total. The van der Waals surface area contributed by atoms with Gasteiger partial charge >= 0.3 is 0 Å². The van der Waals surface area contributed by atoms with Crippen LogP contribution in [0.4, 0.5) is 0 Å². The Balaban J connectivity index is 1.32. The van der Waals surface area contributed by atoms with Crippen LogP contribution in [0.5, 0.6) is 0 Å². The lowest BCUT2D eigenvalue weighted by Gasteiger charge is -2.28. The molecule has 1 unspecified atom stereocenters. The second-order valence-electron chi connectivity index (χ2n) is 8.40. The van der Waals surface area contributed by atoms with Crippen LogP contribution in [0.25, 0.3) is 0 Å². The first-order chi connectivity index (χ1) is 14.5. The molecule has 4 heterocycles. The molecule has 0 spiro atoms. The van der Waals surface area contributed by atoms with Crippen molar-refractivity contribution in [2.24, 2.45) is 7.05 Å². The summed E-state index contributed by atoms with van der Waals surface area (Å²) in [7, 11) is 1.86. The highest BCUT2D eigenvalue weighted by molar-refractivity contribution is 5.94. The largest absolute Gasteiger partial charge is 0.376 e. The van der Waals surface area contributed by atoms with E-state index in [-0.39, 0.29) is 36.7 Å². The molecule has 3 aliphatic heterocycles. The second-order valence-corrected chi connectivity index (χ2v) is 8.40. The van der Waals surface area contributed by atoms with E-state index in [9.17, 15) is 14.4 Å². The number of fused-ring (bicyclic) bond motifs is 1. The first-order valence-electron chi connectivity index (χ1n) is 11.0. The summed E-state index contributed by atoms with van der Waals surface area (Å²) in [4.78, 5) is 41.3. The molecule has 30 heavy (non-hydrogen) atoms. The summed E-state index contributed by atoms with van der Waals surface area (Å²) in [5, 5.41) is 7.34. The van der Waals surface area contributed by atoms with Crippen LogP contribution in [0, 0.1) is 0 Å². The summed E-state index contributed by atoms with van der Waals surface area (Å²) in [6.45, 7) is 3.78. The first kappa shape index (κ1) is 20.8. The van der Waals surface area contributed by atoms with Crippen LogP contribution in [0.15, 0.2) is 0 Å². The van der Waals surface area contributed by atoms with Crippen LogP contribution >= 0.6 is 0 Å². The predicted molar refractivity (Wildman–Crippen MR) is 109 cm³/mol. The van der Waals surface area contributed by atoms with Gasteiger partial charge in [-0.2, -0.15) is 5.10 Å². The fourth-order valence-corrected chi connectivity index (χ4v) is 4.55. The SMILES string of the molecule is Cn1nc(C(=O)N2CCCC2)c2c1CCN(C(=O)CCC(=O)NCC1CCCO1)C2. The molecule has 0 saturated carbocycles. The molecule has 1 aromatic heterocycles. The second kappa shape index (κ2) is 9.16. The lowest BCUT2D eigenvalue weighted by molar-refractivity contribution is -0.134. The van der Waals surface area contributed by atoms with Gasteiger partial charge in [0, 0.05) is 76.9 Å². The number of carbonyl (C=O) groups is 3. The maximum absolute atomic E-state index is 12.9. The van der Waals surface area contributed by atoms with Gasteiger partial charge in [0.25, 0.3) is 5.91 Å². The standard InChI is InChI=1S/C21H31N5O4/c1-24-17-8-11-26(14-16(17)20(23-24)21(29)25-9-2-3-10-25)19(28)7-6-18(27)22-13-15-5-4-12-30-15/h15H,2-14H2,1H3,(H,22,27). The van der Waals surface area contributed by atoms with Crippen molar-refractivity contribution in [2.75, 3.05) is 32.8 Å². The zero-order chi connectivity index (χ0) is 21.1. The number of carbonyl (C=O) groups excluding carboxylic acids is 3. The molecule has 2 fully saturated rings. The fraction of sp³-hybridized carbons (Fsp3) is 0.714. The third-order valence-electron chi connectivity index (χ3n) is 6.31. The van der Waals surface area contributed by atoms with E-state index >= 15 is 0 Å². The normalized spacial score (nSPS) is 21.0. The molecule has 3 aliphatic rings. The minimum atomic E-state index is -0.122. The minimum Gasteiger partial charge on any atom is -0.376 e. The Kier molecular flexibility index (Phi) is 6.36. The minimum absolute atomic E-state index is 0.0350. The van der Waals surface area contributed by atoms with Crippen molar-refractivity contribution in [3.8, 4) is 0 Å². The van der Waals surface area contributed by atoms with E-state index in [4.69, 9.17) is 4.74 Å². The zero-order valence-electron chi connectivity index (χ0n) is 17.7. The van der Waals surface area contributed by atoms with Crippen LogP contribution < -0.4 is 5.32 Å². The van der Waals surface area contributed by atoms with Crippen LogP contribution in [-0.2, 0) is 34.3 Å². The summed E-state index contributed by atoms with van der Waals surface area (Å²) in [5.41, 5.74) is 2.36. The molecule has 9 heteroatoms. The molecular weight excluding hydrogens is 386 g/mol. The van der Waals surface area contributed by atoms with Crippen molar-refractivity contribution in [3.63, 3.8) is 0 Å². The molecule has 0 aromatic carbocycles. The lowest BCUT2D eigenvalue weighted by Crippen LogP contribution is -2.38. The van der Waals surface area contributed by atoms with Crippen LogP contribution in [0.2, 0.25) is 0 Å². The number of nitrogens with one attached hydrogen (secondary N) is 1. The Morgan fingerprint density at radius 2 is 1.90 bits per heavy atom. The number of rotatable bonds is 6. The van der Waals surface area contributed by atoms with Gasteiger partial charge in [-0.3, -0.25) is 19.1 Å². The summed E-state index contributed by atoms with van der Waals surface area (Å²) in [5.74, 6) is -0.216. The van der Waals surface area contributed by atoms with Crippen LogP contribution in [0.1, 0.15) is 60.3 Å². The fourth-order valence-electron chi connectivity index (χ4n) is 4.55. The number of nitrogens with zero attached hydrogens (tertiary/aromatic N) is 4. The first-order valence-corrected chi connectivity index (χ1v) is 11.0. The van der Waals surface area contributed by atoms with Gasteiger partial charge in [-0.25, -0.2) is 0 Å². The number of ether oxygens (including phenoxy) is 1. The van der Waals surface area contributed by atoms with Gasteiger partial charge in [0.1, 0.15) is 0 Å². The summed E-state index contributed by atoms with van der Waals surface area (Å²) in [6.07, 6.45) is 5.17. The average molecular weight is 418 g/mol. The number of likely N-dealkylation sites (tertiary alicyclic amines) is 1. The molecule has 3 amide bonds. The van der Waals surface area contributed by atoms with Gasteiger partial charge in [0.2, 0.25) is 11.8 Å². The van der Waals surface area contributed by atoms with Gasteiger partial charge in [-0.05, 0) is 25.7 Å². The van der Waals surface area contributed by atoms with Gasteiger partial charge in [0.05, 0.1) is 6.10 Å². The number of hydrogen-bond donors (Lipinski definition) is 1. The Hall–Kier alpha value is -2.42.